The van der Waals surface area contributed by atoms with Gasteiger partial charge in [-0.05, 0) is 19.1 Å². The van der Waals surface area contributed by atoms with Gasteiger partial charge < -0.3 is 15.5 Å². The Morgan fingerprint density at radius 3 is 3.12 bits per heavy atom. The van der Waals surface area contributed by atoms with Gasteiger partial charge in [-0.1, -0.05) is 0 Å². The van der Waals surface area contributed by atoms with Crippen LogP contribution in [-0.2, 0) is 0 Å². The van der Waals surface area contributed by atoms with Crippen molar-refractivity contribution in [3.8, 4) is 5.75 Å². The maximum atomic E-state index is 5.52. The molecule has 2 aromatic rings. The van der Waals surface area contributed by atoms with Gasteiger partial charge in [0, 0.05) is 23.5 Å². The minimum Gasteiger partial charge on any atom is -0.494 e. The van der Waals surface area contributed by atoms with Gasteiger partial charge in [0.2, 0.25) is 0 Å². The first kappa shape index (κ1) is 11.2. The number of aromatic nitrogens is 2. The molecule has 88 valence electrons. The minimum absolute atomic E-state index is 0.614. The van der Waals surface area contributed by atoms with Crippen LogP contribution >= 0.6 is 0 Å². The monoisotopic (exact) mass is 230 g/mol. The molecule has 0 atom stereocenters. The van der Waals surface area contributed by atoms with Crippen LogP contribution in [0.2, 0.25) is 0 Å². The molecule has 0 unspecified atom stereocenters. The van der Waals surface area contributed by atoms with Crippen molar-refractivity contribution in [2.75, 3.05) is 7.11 Å². The number of hydrogen-bond donors (Lipinski definition) is 2. The summed E-state index contributed by atoms with van der Waals surface area (Å²) in [5.74, 6) is 1.34. The number of nitrogens with one attached hydrogen (secondary N) is 1. The van der Waals surface area contributed by atoms with Gasteiger partial charge in [-0.25, -0.2) is 9.98 Å². The van der Waals surface area contributed by atoms with Gasteiger partial charge in [-0.15, -0.1) is 0 Å². The Hall–Kier alpha value is -2.30. The number of rotatable bonds is 3. The first-order valence-corrected chi connectivity index (χ1v) is 5.19. The van der Waals surface area contributed by atoms with E-state index in [2.05, 4.69) is 15.0 Å². The normalized spacial score (nSPS) is 12.5. The second-order valence-corrected chi connectivity index (χ2v) is 3.61. The summed E-state index contributed by atoms with van der Waals surface area (Å²) in [5.41, 5.74) is 7.07. The number of pyridine rings is 1. The Labute approximate surface area is 99.0 Å². The topological polar surface area (TPSA) is 76.3 Å². The van der Waals surface area contributed by atoms with E-state index in [9.17, 15) is 0 Å². The van der Waals surface area contributed by atoms with Crippen molar-refractivity contribution in [3.05, 3.63) is 30.2 Å². The number of hydrogen-bond acceptors (Lipinski definition) is 4. The highest BCUT2D eigenvalue weighted by molar-refractivity contribution is 5.93. The largest absolute Gasteiger partial charge is 0.494 e. The van der Waals surface area contributed by atoms with Crippen molar-refractivity contribution in [3.63, 3.8) is 0 Å². The van der Waals surface area contributed by atoms with Gasteiger partial charge in [0.25, 0.3) is 0 Å². The molecule has 0 aliphatic rings. The quantitative estimate of drug-likeness (QED) is 0.793. The predicted molar refractivity (Wildman–Crippen MR) is 68.7 cm³/mol. The molecule has 3 N–H and O–H groups in total. The summed E-state index contributed by atoms with van der Waals surface area (Å²) in [5, 5.41) is 0.961. The molecule has 0 fully saturated rings. The van der Waals surface area contributed by atoms with Crippen molar-refractivity contribution >= 4 is 22.9 Å². The maximum absolute atomic E-state index is 5.52. The molecule has 17 heavy (non-hydrogen) atoms. The zero-order valence-electron chi connectivity index (χ0n) is 9.77. The van der Waals surface area contributed by atoms with Gasteiger partial charge >= 0.3 is 0 Å². The Morgan fingerprint density at radius 1 is 1.59 bits per heavy atom. The number of aromatic amines is 1. The summed E-state index contributed by atoms with van der Waals surface area (Å²) >= 11 is 0. The van der Waals surface area contributed by atoms with Crippen molar-refractivity contribution in [1.82, 2.24) is 9.97 Å². The molecule has 2 rings (SSSR count). The van der Waals surface area contributed by atoms with Crippen molar-refractivity contribution in [2.24, 2.45) is 10.7 Å². The standard InChI is InChI=1S/C12H14N4O/c1-8(13)3-5-15-12-11-9(4-6-14-11)10(17-2)7-16-12/h3-7,14H,13H2,1-2H3. The Balaban J connectivity index is 2.46. The number of aliphatic imine (C=N–C) groups is 1. The lowest BCUT2D eigenvalue weighted by Crippen LogP contribution is -1.90. The van der Waals surface area contributed by atoms with E-state index in [0.717, 1.165) is 16.7 Å². The van der Waals surface area contributed by atoms with E-state index < -0.39 is 0 Å². The summed E-state index contributed by atoms with van der Waals surface area (Å²) in [6.07, 6.45) is 6.84. The second-order valence-electron chi connectivity index (χ2n) is 3.61. The molecule has 2 aromatic heterocycles. The number of allylic oxidation sites excluding steroid dienone is 2. The Morgan fingerprint density at radius 2 is 2.41 bits per heavy atom. The average molecular weight is 230 g/mol. The molecule has 5 heteroatoms. The maximum Gasteiger partial charge on any atom is 0.176 e. The molecule has 0 bridgehead atoms. The fourth-order valence-corrected chi connectivity index (χ4v) is 1.50. The summed E-state index contributed by atoms with van der Waals surface area (Å²) in [6, 6.07) is 1.93. The highest BCUT2D eigenvalue weighted by atomic mass is 16.5. The van der Waals surface area contributed by atoms with Crippen molar-refractivity contribution < 1.29 is 4.74 Å². The van der Waals surface area contributed by atoms with Crippen LogP contribution in [0.5, 0.6) is 5.75 Å². The number of ether oxygens (including phenoxy) is 1. The van der Waals surface area contributed by atoms with Crippen LogP contribution in [-0.4, -0.2) is 23.3 Å². The highest BCUT2D eigenvalue weighted by Crippen LogP contribution is 2.29. The van der Waals surface area contributed by atoms with Gasteiger partial charge in [0.05, 0.1) is 18.8 Å². The molecular formula is C12H14N4O. The molecular weight excluding hydrogens is 216 g/mol. The van der Waals surface area contributed by atoms with Crippen molar-refractivity contribution in [1.29, 1.82) is 0 Å². The summed E-state index contributed by atoms with van der Waals surface area (Å²) < 4.78 is 5.22. The molecule has 0 radical (unpaired) electrons. The van der Waals surface area contributed by atoms with E-state index >= 15 is 0 Å². The molecule has 0 spiro atoms. The molecule has 2 heterocycles. The fraction of sp³-hybridized carbons (Fsp3) is 0.167. The predicted octanol–water partition coefficient (Wildman–Crippen LogP) is 2.14. The summed E-state index contributed by atoms with van der Waals surface area (Å²) in [4.78, 5) is 11.6. The molecule has 0 saturated carbocycles. The lowest BCUT2D eigenvalue weighted by atomic mass is 10.3. The van der Waals surface area contributed by atoms with Gasteiger partial charge in [-0.3, -0.25) is 0 Å². The zero-order chi connectivity index (χ0) is 12.3. The number of nitrogens with two attached hydrogens (primary N) is 1. The van der Waals surface area contributed by atoms with E-state index in [4.69, 9.17) is 10.5 Å². The summed E-state index contributed by atoms with van der Waals surface area (Å²) in [7, 11) is 1.62. The average Bonchev–Trinajstić information content (AvgIpc) is 2.78. The van der Waals surface area contributed by atoms with Crippen LogP contribution in [0.4, 0.5) is 5.82 Å². The van der Waals surface area contributed by atoms with E-state index in [0.29, 0.717) is 11.5 Å². The van der Waals surface area contributed by atoms with E-state index in [1.54, 1.807) is 32.5 Å². The van der Waals surface area contributed by atoms with Crippen LogP contribution < -0.4 is 10.5 Å². The third-order valence-electron chi connectivity index (χ3n) is 2.29. The third kappa shape index (κ3) is 2.28. The van der Waals surface area contributed by atoms with Crippen LogP contribution in [0.1, 0.15) is 6.92 Å². The minimum atomic E-state index is 0.614. The van der Waals surface area contributed by atoms with Gasteiger partial charge in [0.1, 0.15) is 5.75 Å². The first-order chi connectivity index (χ1) is 8.22. The Kier molecular flexibility index (Phi) is 3.09. The molecule has 0 amide bonds. The number of nitrogens with zero attached hydrogens (tertiary/aromatic N) is 2. The second kappa shape index (κ2) is 4.69. The SMILES string of the molecule is COc1cnc(N=CC=C(C)N)c2[nH]ccc12. The van der Waals surface area contributed by atoms with Gasteiger partial charge in [-0.2, -0.15) is 0 Å². The lowest BCUT2D eigenvalue weighted by molar-refractivity contribution is 0.418. The number of methoxy groups -OCH3 is 1. The molecule has 0 aliphatic heterocycles. The molecule has 0 aromatic carbocycles. The van der Waals surface area contributed by atoms with Crippen molar-refractivity contribution in [2.45, 2.75) is 6.92 Å². The molecule has 5 nitrogen and oxygen atoms in total. The lowest BCUT2D eigenvalue weighted by Gasteiger charge is -2.02. The van der Waals surface area contributed by atoms with E-state index in [1.165, 1.54) is 0 Å². The third-order valence-corrected chi connectivity index (χ3v) is 2.29. The first-order valence-electron chi connectivity index (χ1n) is 5.19. The smallest absolute Gasteiger partial charge is 0.176 e. The number of H-pyrrole nitrogens is 1. The van der Waals surface area contributed by atoms with Crippen LogP contribution in [0.15, 0.2) is 35.2 Å². The highest BCUT2D eigenvalue weighted by Gasteiger charge is 2.07. The van der Waals surface area contributed by atoms with Gasteiger partial charge in [0.15, 0.2) is 5.82 Å². The van der Waals surface area contributed by atoms with Crippen LogP contribution in [0.25, 0.3) is 10.9 Å². The van der Waals surface area contributed by atoms with Crippen LogP contribution in [0.3, 0.4) is 0 Å². The van der Waals surface area contributed by atoms with E-state index in [1.807, 2.05) is 12.3 Å². The van der Waals surface area contributed by atoms with E-state index in [-0.39, 0.29) is 0 Å². The summed E-state index contributed by atoms with van der Waals surface area (Å²) in [6.45, 7) is 1.80. The Bertz CT molecular complexity index is 579. The van der Waals surface area contributed by atoms with Crippen LogP contribution in [0, 0.1) is 0 Å². The molecule has 0 saturated heterocycles. The number of fused-ring (bicyclic) bond motifs is 1. The molecule has 0 aliphatic carbocycles. The fourth-order valence-electron chi connectivity index (χ4n) is 1.50. The zero-order valence-corrected chi connectivity index (χ0v) is 9.77.